The summed E-state index contributed by atoms with van der Waals surface area (Å²) in [5.74, 6) is -0.287. The molecule has 0 saturated heterocycles. The standard InChI is InChI=1S/C12H14N2O2S/c1-4-16-12(15)9(3)17-11-10(7-13)6-5-8(2)14-11/h5-6,9H,4H2,1-3H3. The van der Waals surface area contributed by atoms with E-state index in [4.69, 9.17) is 10.00 Å². The molecule has 5 heteroatoms. The lowest BCUT2D eigenvalue weighted by atomic mass is 10.3. The molecule has 0 aromatic carbocycles. The third-order valence-electron chi connectivity index (χ3n) is 2.03. The van der Waals surface area contributed by atoms with E-state index in [1.165, 1.54) is 11.8 Å². The van der Waals surface area contributed by atoms with Crippen LogP contribution >= 0.6 is 11.8 Å². The third kappa shape index (κ3) is 3.75. The maximum absolute atomic E-state index is 11.5. The van der Waals surface area contributed by atoms with Crippen LogP contribution < -0.4 is 0 Å². The lowest BCUT2D eigenvalue weighted by Crippen LogP contribution is -2.17. The van der Waals surface area contributed by atoms with Crippen LogP contribution in [-0.4, -0.2) is 22.8 Å². The van der Waals surface area contributed by atoms with Crippen molar-refractivity contribution >= 4 is 17.7 Å². The van der Waals surface area contributed by atoms with Gasteiger partial charge in [-0.2, -0.15) is 5.26 Å². The SMILES string of the molecule is CCOC(=O)C(C)Sc1nc(C)ccc1C#N. The molecule has 90 valence electrons. The van der Waals surface area contributed by atoms with Crippen molar-refractivity contribution in [1.82, 2.24) is 4.98 Å². The fraction of sp³-hybridized carbons (Fsp3) is 0.417. The predicted molar refractivity (Wildman–Crippen MR) is 65.6 cm³/mol. The quantitative estimate of drug-likeness (QED) is 0.606. The molecular formula is C12H14N2O2S. The maximum Gasteiger partial charge on any atom is 0.319 e. The molecule has 0 amide bonds. The summed E-state index contributed by atoms with van der Waals surface area (Å²) in [6, 6.07) is 5.55. The molecule has 0 bridgehead atoms. The first-order chi connectivity index (χ1) is 8.08. The van der Waals surface area contributed by atoms with Crippen LogP contribution in [0.15, 0.2) is 17.2 Å². The number of aromatic nitrogens is 1. The van der Waals surface area contributed by atoms with E-state index in [0.717, 1.165) is 5.69 Å². The Morgan fingerprint density at radius 2 is 2.35 bits per heavy atom. The van der Waals surface area contributed by atoms with Crippen LogP contribution in [-0.2, 0) is 9.53 Å². The summed E-state index contributed by atoms with van der Waals surface area (Å²) >= 11 is 1.25. The largest absolute Gasteiger partial charge is 0.465 e. The zero-order valence-corrected chi connectivity index (χ0v) is 10.9. The molecule has 4 nitrogen and oxygen atoms in total. The molecular weight excluding hydrogens is 236 g/mol. The summed E-state index contributed by atoms with van der Waals surface area (Å²) < 4.78 is 4.91. The van der Waals surface area contributed by atoms with Gasteiger partial charge in [-0.3, -0.25) is 4.79 Å². The number of nitrogens with zero attached hydrogens (tertiary/aromatic N) is 2. The lowest BCUT2D eigenvalue weighted by molar-refractivity contribution is -0.142. The van der Waals surface area contributed by atoms with Crippen LogP contribution in [0.5, 0.6) is 0 Å². The highest BCUT2D eigenvalue weighted by molar-refractivity contribution is 8.00. The molecule has 1 rings (SSSR count). The Balaban J connectivity index is 2.84. The minimum absolute atomic E-state index is 0.287. The molecule has 17 heavy (non-hydrogen) atoms. The van der Waals surface area contributed by atoms with Crippen LogP contribution in [0.2, 0.25) is 0 Å². The van der Waals surface area contributed by atoms with Gasteiger partial charge in [-0.25, -0.2) is 4.98 Å². The zero-order valence-electron chi connectivity index (χ0n) is 10.1. The van der Waals surface area contributed by atoms with Crippen molar-refractivity contribution in [2.45, 2.75) is 31.0 Å². The first-order valence-corrected chi connectivity index (χ1v) is 6.17. The highest BCUT2D eigenvalue weighted by atomic mass is 32.2. The Morgan fingerprint density at radius 3 is 2.94 bits per heavy atom. The van der Waals surface area contributed by atoms with E-state index >= 15 is 0 Å². The van der Waals surface area contributed by atoms with Gasteiger partial charge in [0.05, 0.1) is 12.2 Å². The molecule has 0 N–H and O–H groups in total. The van der Waals surface area contributed by atoms with Gasteiger partial charge in [0.2, 0.25) is 0 Å². The summed E-state index contributed by atoms with van der Waals surface area (Å²) in [6.07, 6.45) is 0. The van der Waals surface area contributed by atoms with Gasteiger partial charge in [0.15, 0.2) is 0 Å². The smallest absolute Gasteiger partial charge is 0.319 e. The lowest BCUT2D eigenvalue weighted by Gasteiger charge is -2.10. The van der Waals surface area contributed by atoms with Crippen LogP contribution in [0, 0.1) is 18.3 Å². The number of carbonyl (C=O) groups is 1. The summed E-state index contributed by atoms with van der Waals surface area (Å²) in [4.78, 5) is 15.7. The second-order valence-electron chi connectivity index (χ2n) is 3.43. The van der Waals surface area contributed by atoms with E-state index in [1.807, 2.05) is 6.92 Å². The average molecular weight is 250 g/mol. The molecule has 0 aliphatic carbocycles. The van der Waals surface area contributed by atoms with Gasteiger partial charge < -0.3 is 4.74 Å². The Hall–Kier alpha value is -1.54. The monoisotopic (exact) mass is 250 g/mol. The molecule has 1 unspecified atom stereocenters. The summed E-state index contributed by atoms with van der Waals surface area (Å²) in [6.45, 7) is 5.71. The van der Waals surface area contributed by atoms with E-state index in [9.17, 15) is 4.79 Å². The van der Waals surface area contributed by atoms with Gasteiger partial charge in [-0.05, 0) is 32.9 Å². The van der Waals surface area contributed by atoms with Gasteiger partial charge in [0.25, 0.3) is 0 Å². The second kappa shape index (κ2) is 6.26. The zero-order chi connectivity index (χ0) is 12.8. The van der Waals surface area contributed by atoms with Crippen molar-refractivity contribution in [3.63, 3.8) is 0 Å². The maximum atomic E-state index is 11.5. The normalized spacial score (nSPS) is 11.6. The van der Waals surface area contributed by atoms with Gasteiger partial charge in [-0.15, -0.1) is 0 Å². The van der Waals surface area contributed by atoms with Crippen molar-refractivity contribution in [2.75, 3.05) is 6.61 Å². The van der Waals surface area contributed by atoms with Crippen molar-refractivity contribution < 1.29 is 9.53 Å². The predicted octanol–water partition coefficient (Wildman–Crippen LogP) is 2.31. The second-order valence-corrected chi connectivity index (χ2v) is 4.76. The first-order valence-electron chi connectivity index (χ1n) is 5.29. The number of pyridine rings is 1. The third-order valence-corrected chi connectivity index (χ3v) is 3.11. The molecule has 0 aliphatic heterocycles. The Bertz CT molecular complexity index is 454. The van der Waals surface area contributed by atoms with Crippen LogP contribution in [0.25, 0.3) is 0 Å². The number of hydrogen-bond acceptors (Lipinski definition) is 5. The fourth-order valence-corrected chi connectivity index (χ4v) is 2.12. The number of esters is 1. The molecule has 0 aliphatic rings. The van der Waals surface area contributed by atoms with Crippen molar-refractivity contribution in [3.8, 4) is 6.07 Å². The van der Waals surface area contributed by atoms with Crippen LogP contribution in [0.3, 0.4) is 0 Å². The first kappa shape index (κ1) is 13.5. The fourth-order valence-electron chi connectivity index (χ4n) is 1.18. The highest BCUT2D eigenvalue weighted by Gasteiger charge is 2.18. The summed E-state index contributed by atoms with van der Waals surface area (Å²) in [5.41, 5.74) is 1.30. The number of hydrogen-bond donors (Lipinski definition) is 0. The minimum atomic E-state index is -0.364. The van der Waals surface area contributed by atoms with Gasteiger partial charge >= 0.3 is 5.97 Å². The Labute approximate surface area is 105 Å². The summed E-state index contributed by atoms with van der Waals surface area (Å²) in [7, 11) is 0. The summed E-state index contributed by atoms with van der Waals surface area (Å²) in [5, 5.41) is 9.16. The number of ether oxygens (including phenoxy) is 1. The number of carbonyl (C=O) groups excluding carboxylic acids is 1. The molecule has 1 aromatic rings. The molecule has 0 spiro atoms. The Kier molecular flexibility index (Phi) is 4.98. The number of aryl methyl sites for hydroxylation is 1. The van der Waals surface area contributed by atoms with E-state index < -0.39 is 0 Å². The molecule has 0 fully saturated rings. The van der Waals surface area contributed by atoms with Crippen molar-refractivity contribution in [2.24, 2.45) is 0 Å². The number of rotatable bonds is 4. The molecule has 1 heterocycles. The highest BCUT2D eigenvalue weighted by Crippen LogP contribution is 2.25. The molecule has 1 aromatic heterocycles. The van der Waals surface area contributed by atoms with Crippen molar-refractivity contribution in [3.05, 3.63) is 23.4 Å². The van der Waals surface area contributed by atoms with Crippen LogP contribution in [0.1, 0.15) is 25.1 Å². The van der Waals surface area contributed by atoms with Gasteiger partial charge in [0, 0.05) is 5.69 Å². The number of thioether (sulfide) groups is 1. The Morgan fingerprint density at radius 1 is 1.65 bits per heavy atom. The van der Waals surface area contributed by atoms with E-state index in [2.05, 4.69) is 11.1 Å². The van der Waals surface area contributed by atoms with Crippen molar-refractivity contribution in [1.29, 1.82) is 5.26 Å². The topological polar surface area (TPSA) is 63.0 Å². The van der Waals surface area contributed by atoms with E-state index in [0.29, 0.717) is 17.2 Å². The van der Waals surface area contributed by atoms with E-state index in [-0.39, 0.29) is 11.2 Å². The van der Waals surface area contributed by atoms with E-state index in [1.54, 1.807) is 26.0 Å². The minimum Gasteiger partial charge on any atom is -0.465 e. The average Bonchev–Trinajstić information content (AvgIpc) is 2.29. The molecule has 0 radical (unpaired) electrons. The number of nitriles is 1. The molecule has 1 atom stereocenters. The molecule has 0 saturated carbocycles. The van der Waals surface area contributed by atoms with Gasteiger partial charge in [-0.1, -0.05) is 11.8 Å². The van der Waals surface area contributed by atoms with Gasteiger partial charge in [0.1, 0.15) is 16.3 Å². The van der Waals surface area contributed by atoms with Crippen LogP contribution in [0.4, 0.5) is 0 Å².